The van der Waals surface area contributed by atoms with Crippen LogP contribution in [0.15, 0.2) is 47.0 Å². The first-order valence-corrected chi connectivity index (χ1v) is 7.39. The number of carbonyl (C=O) groups is 1. The molecule has 0 atom stereocenters. The van der Waals surface area contributed by atoms with E-state index in [2.05, 4.69) is 35.7 Å². The monoisotopic (exact) mass is 310 g/mol. The Labute approximate surface area is 134 Å². The summed E-state index contributed by atoms with van der Waals surface area (Å²) in [6, 6.07) is 13.2. The van der Waals surface area contributed by atoms with Gasteiger partial charge in [0.2, 0.25) is 0 Å². The molecule has 0 aliphatic heterocycles. The second kappa shape index (κ2) is 6.12. The zero-order valence-electron chi connectivity index (χ0n) is 13.4. The van der Waals surface area contributed by atoms with Gasteiger partial charge >= 0.3 is 5.97 Å². The quantitative estimate of drug-likeness (QED) is 0.689. The zero-order valence-corrected chi connectivity index (χ0v) is 13.4. The van der Waals surface area contributed by atoms with Gasteiger partial charge in [-0.1, -0.05) is 5.16 Å². The van der Waals surface area contributed by atoms with Crippen LogP contribution in [-0.2, 0) is 11.3 Å². The van der Waals surface area contributed by atoms with Crippen LogP contribution in [0.1, 0.15) is 33.2 Å². The molecule has 118 valence electrons. The van der Waals surface area contributed by atoms with Crippen LogP contribution in [-0.4, -0.2) is 15.7 Å². The average molecular weight is 310 g/mol. The van der Waals surface area contributed by atoms with Crippen molar-refractivity contribution in [3.8, 4) is 5.69 Å². The maximum absolute atomic E-state index is 12.1. The molecule has 0 unspecified atom stereocenters. The van der Waals surface area contributed by atoms with E-state index in [1.165, 1.54) is 0 Å². The van der Waals surface area contributed by atoms with Gasteiger partial charge in [-0.15, -0.1) is 0 Å². The summed E-state index contributed by atoms with van der Waals surface area (Å²) in [5.41, 5.74) is 4.59. The highest BCUT2D eigenvalue weighted by molar-refractivity contribution is 5.89. The molecule has 0 radical (unpaired) electrons. The molecule has 0 bridgehead atoms. The van der Waals surface area contributed by atoms with Crippen LogP contribution >= 0.6 is 0 Å². The topological polar surface area (TPSA) is 57.3 Å². The summed E-state index contributed by atoms with van der Waals surface area (Å²) in [6.45, 7) is 6.00. The molecular formula is C18H18N2O3. The van der Waals surface area contributed by atoms with E-state index in [-0.39, 0.29) is 12.6 Å². The molecular weight excluding hydrogens is 292 g/mol. The number of hydrogen-bond acceptors (Lipinski definition) is 4. The Morgan fingerprint density at radius 2 is 1.74 bits per heavy atom. The Bertz CT molecular complexity index is 809. The van der Waals surface area contributed by atoms with Crippen molar-refractivity contribution in [3.63, 3.8) is 0 Å². The summed E-state index contributed by atoms with van der Waals surface area (Å²) < 4.78 is 12.4. The van der Waals surface area contributed by atoms with Crippen LogP contribution in [0.25, 0.3) is 5.69 Å². The Morgan fingerprint density at radius 3 is 2.30 bits per heavy atom. The molecule has 23 heavy (non-hydrogen) atoms. The summed E-state index contributed by atoms with van der Waals surface area (Å²) in [6.07, 6.45) is 0. The summed E-state index contributed by atoms with van der Waals surface area (Å²) in [4.78, 5) is 12.1. The second-order valence-corrected chi connectivity index (χ2v) is 5.51. The lowest BCUT2D eigenvalue weighted by atomic mass is 10.2. The van der Waals surface area contributed by atoms with E-state index >= 15 is 0 Å². The van der Waals surface area contributed by atoms with Gasteiger partial charge in [0.1, 0.15) is 0 Å². The van der Waals surface area contributed by atoms with Crippen LogP contribution in [0.4, 0.5) is 0 Å². The van der Waals surface area contributed by atoms with E-state index in [1.807, 2.05) is 19.1 Å². The molecule has 0 N–H and O–H groups in total. The number of benzene rings is 1. The van der Waals surface area contributed by atoms with Gasteiger partial charge in [-0.3, -0.25) is 0 Å². The lowest BCUT2D eigenvalue weighted by Gasteiger charge is -2.10. The fraction of sp³-hybridized carbons (Fsp3) is 0.222. The maximum Gasteiger partial charge on any atom is 0.338 e. The van der Waals surface area contributed by atoms with E-state index < -0.39 is 0 Å². The van der Waals surface area contributed by atoms with Gasteiger partial charge in [0.05, 0.1) is 11.3 Å². The van der Waals surface area contributed by atoms with Crippen molar-refractivity contribution < 1.29 is 14.1 Å². The second-order valence-electron chi connectivity index (χ2n) is 5.51. The third-order valence-corrected chi connectivity index (χ3v) is 3.65. The number of hydrogen-bond donors (Lipinski definition) is 0. The Morgan fingerprint density at radius 1 is 1.09 bits per heavy atom. The Balaban J connectivity index is 1.70. The molecule has 5 heteroatoms. The van der Waals surface area contributed by atoms with Crippen molar-refractivity contribution in [1.29, 1.82) is 0 Å². The van der Waals surface area contributed by atoms with Crippen LogP contribution < -0.4 is 0 Å². The molecule has 3 rings (SSSR count). The summed E-state index contributed by atoms with van der Waals surface area (Å²) in [7, 11) is 0. The average Bonchev–Trinajstić information content (AvgIpc) is 3.11. The van der Waals surface area contributed by atoms with Gasteiger partial charge < -0.3 is 13.8 Å². The molecule has 1 aromatic carbocycles. The molecule has 2 aromatic heterocycles. The van der Waals surface area contributed by atoms with E-state index in [9.17, 15) is 4.79 Å². The number of carbonyl (C=O) groups excluding carboxylic acids is 1. The summed E-state index contributed by atoms with van der Waals surface area (Å²) in [5, 5.41) is 3.75. The molecule has 0 aliphatic carbocycles. The lowest BCUT2D eigenvalue weighted by molar-refractivity contribution is 0.0437. The van der Waals surface area contributed by atoms with Gasteiger partial charge in [-0.2, -0.15) is 0 Å². The third-order valence-electron chi connectivity index (χ3n) is 3.65. The molecule has 0 aliphatic rings. The largest absolute Gasteiger partial charge is 0.454 e. The van der Waals surface area contributed by atoms with Crippen molar-refractivity contribution in [2.45, 2.75) is 27.4 Å². The van der Waals surface area contributed by atoms with Gasteiger partial charge in [0.15, 0.2) is 12.4 Å². The molecule has 3 aromatic rings. The normalized spacial score (nSPS) is 10.7. The Kier molecular flexibility index (Phi) is 4.02. The fourth-order valence-corrected chi connectivity index (χ4v) is 2.53. The minimum Gasteiger partial charge on any atom is -0.454 e. The SMILES string of the molecule is Cc1cc(COC(=O)c2ccc(-n3c(C)ccc3C)cc2)on1. The van der Waals surface area contributed by atoms with Gasteiger partial charge in [0.25, 0.3) is 0 Å². The van der Waals surface area contributed by atoms with E-state index in [1.54, 1.807) is 18.2 Å². The highest BCUT2D eigenvalue weighted by atomic mass is 16.5. The van der Waals surface area contributed by atoms with E-state index in [0.29, 0.717) is 11.3 Å². The predicted octanol–water partition coefficient (Wildman–Crippen LogP) is 3.75. The zero-order chi connectivity index (χ0) is 16.4. The van der Waals surface area contributed by atoms with Gasteiger partial charge in [-0.05, 0) is 57.2 Å². The maximum atomic E-state index is 12.1. The first kappa shape index (κ1) is 15.1. The number of aryl methyl sites for hydroxylation is 3. The highest BCUT2D eigenvalue weighted by Crippen LogP contribution is 2.17. The number of nitrogens with zero attached hydrogens (tertiary/aromatic N) is 2. The molecule has 5 nitrogen and oxygen atoms in total. The van der Waals surface area contributed by atoms with Crippen molar-refractivity contribution >= 4 is 5.97 Å². The molecule has 0 saturated carbocycles. The van der Waals surface area contributed by atoms with Crippen LogP contribution in [0.3, 0.4) is 0 Å². The summed E-state index contributed by atoms with van der Waals surface area (Å²) >= 11 is 0. The van der Waals surface area contributed by atoms with Crippen LogP contribution in [0.2, 0.25) is 0 Å². The standard InChI is InChI=1S/C18H18N2O3/c1-12-10-17(23-19-12)11-22-18(21)15-6-8-16(9-7-15)20-13(2)4-5-14(20)3/h4-10H,11H2,1-3H3. The summed E-state index contributed by atoms with van der Waals surface area (Å²) in [5.74, 6) is 0.151. The smallest absolute Gasteiger partial charge is 0.338 e. The van der Waals surface area contributed by atoms with Crippen molar-refractivity contribution in [2.24, 2.45) is 0 Å². The number of esters is 1. The first-order chi connectivity index (χ1) is 11.0. The van der Waals surface area contributed by atoms with Crippen molar-refractivity contribution in [1.82, 2.24) is 9.72 Å². The van der Waals surface area contributed by atoms with Crippen LogP contribution in [0, 0.1) is 20.8 Å². The lowest BCUT2D eigenvalue weighted by Crippen LogP contribution is -2.05. The first-order valence-electron chi connectivity index (χ1n) is 7.39. The fourth-order valence-electron chi connectivity index (χ4n) is 2.53. The van der Waals surface area contributed by atoms with Gasteiger partial charge in [-0.25, -0.2) is 4.79 Å². The van der Waals surface area contributed by atoms with Crippen molar-refractivity contribution in [3.05, 3.63) is 70.9 Å². The van der Waals surface area contributed by atoms with Gasteiger partial charge in [0, 0.05) is 23.1 Å². The predicted molar refractivity (Wildman–Crippen MR) is 85.6 cm³/mol. The van der Waals surface area contributed by atoms with E-state index in [4.69, 9.17) is 9.26 Å². The number of aromatic nitrogens is 2. The highest BCUT2D eigenvalue weighted by Gasteiger charge is 2.10. The third kappa shape index (κ3) is 3.18. The molecule has 0 amide bonds. The van der Waals surface area contributed by atoms with E-state index in [0.717, 1.165) is 22.8 Å². The van der Waals surface area contributed by atoms with Crippen molar-refractivity contribution in [2.75, 3.05) is 0 Å². The minimum absolute atomic E-state index is 0.0806. The van der Waals surface area contributed by atoms with Crippen LogP contribution in [0.5, 0.6) is 0 Å². The Hall–Kier alpha value is -2.82. The number of rotatable bonds is 4. The minimum atomic E-state index is -0.383. The molecule has 0 fully saturated rings. The molecule has 0 saturated heterocycles. The molecule has 0 spiro atoms. The molecule has 2 heterocycles. The number of ether oxygens (including phenoxy) is 1.